The summed E-state index contributed by atoms with van der Waals surface area (Å²) in [4.78, 5) is 12.9. The number of aromatic hydroxyl groups is 1. The number of aliphatic hydroxyl groups is 1. The lowest BCUT2D eigenvalue weighted by Crippen LogP contribution is -2.28. The highest BCUT2D eigenvalue weighted by Crippen LogP contribution is 2.30. The minimum Gasteiger partial charge on any atom is -0.494 e. The van der Waals surface area contributed by atoms with E-state index < -0.39 is 11.4 Å². The number of nitrogens with one attached hydrogen (secondary N) is 2. The Morgan fingerprint density at radius 3 is 2.88 bits per heavy atom. The van der Waals surface area contributed by atoms with Crippen molar-refractivity contribution in [2.24, 2.45) is 0 Å². The van der Waals surface area contributed by atoms with Gasteiger partial charge < -0.3 is 15.5 Å². The lowest BCUT2D eigenvalue weighted by Gasteiger charge is -2.13. The van der Waals surface area contributed by atoms with Crippen molar-refractivity contribution in [3.63, 3.8) is 0 Å². The third-order valence-corrected chi connectivity index (χ3v) is 2.84. The second kappa shape index (κ2) is 4.23. The minimum atomic E-state index is -0.932. The molecule has 1 aromatic rings. The minimum absolute atomic E-state index is 0.00307. The summed E-state index contributed by atoms with van der Waals surface area (Å²) in [5.74, 6) is -1.23. The summed E-state index contributed by atoms with van der Waals surface area (Å²) in [7, 11) is 0. The molecule has 5 nitrogen and oxygen atoms in total. The van der Waals surface area contributed by atoms with Crippen LogP contribution >= 0.6 is 0 Å². The summed E-state index contributed by atoms with van der Waals surface area (Å²) < 4.78 is 13.1. The third kappa shape index (κ3) is 1.94. The summed E-state index contributed by atoms with van der Waals surface area (Å²) >= 11 is 0. The normalized spacial score (nSPS) is 24.9. The lowest BCUT2D eigenvalue weighted by molar-refractivity contribution is 0.251. The molecule has 1 saturated heterocycles. The first-order valence-corrected chi connectivity index (χ1v) is 5.10. The maximum absolute atomic E-state index is 13.1. The van der Waals surface area contributed by atoms with Crippen LogP contribution in [-0.4, -0.2) is 27.8 Å². The first-order chi connectivity index (χ1) is 7.61. The van der Waals surface area contributed by atoms with Crippen LogP contribution in [0.1, 0.15) is 24.4 Å². The van der Waals surface area contributed by atoms with Crippen molar-refractivity contribution in [1.82, 2.24) is 10.3 Å². The molecule has 2 unspecified atom stereocenters. The van der Waals surface area contributed by atoms with E-state index in [9.17, 15) is 14.3 Å². The molecule has 0 amide bonds. The van der Waals surface area contributed by atoms with Crippen molar-refractivity contribution in [2.45, 2.75) is 24.9 Å². The van der Waals surface area contributed by atoms with Crippen molar-refractivity contribution < 1.29 is 14.6 Å². The highest BCUT2D eigenvalue weighted by Gasteiger charge is 2.27. The van der Waals surface area contributed by atoms with E-state index in [0.29, 0.717) is 12.0 Å². The monoisotopic (exact) mass is 228 g/mol. The van der Waals surface area contributed by atoms with Crippen LogP contribution < -0.4 is 10.9 Å². The fourth-order valence-corrected chi connectivity index (χ4v) is 1.98. The third-order valence-electron chi connectivity index (χ3n) is 2.84. The number of hydrogen-bond acceptors (Lipinski definition) is 4. The van der Waals surface area contributed by atoms with Gasteiger partial charge in [0.1, 0.15) is 0 Å². The van der Waals surface area contributed by atoms with Crippen LogP contribution in [0.4, 0.5) is 4.39 Å². The molecular formula is C10H13FN2O3. The molecule has 88 valence electrons. The zero-order valence-electron chi connectivity index (χ0n) is 8.53. The van der Waals surface area contributed by atoms with Crippen molar-refractivity contribution in [1.29, 1.82) is 0 Å². The van der Waals surface area contributed by atoms with Crippen LogP contribution in [0.25, 0.3) is 0 Å². The predicted molar refractivity (Wildman–Crippen MR) is 54.7 cm³/mol. The summed E-state index contributed by atoms with van der Waals surface area (Å²) in [6.07, 6.45) is 1.44. The fourth-order valence-electron chi connectivity index (χ4n) is 1.98. The van der Waals surface area contributed by atoms with E-state index in [2.05, 4.69) is 5.32 Å². The molecule has 4 N–H and O–H groups in total. The number of H-pyrrole nitrogens is 1. The Labute approximate surface area is 90.9 Å². The lowest BCUT2D eigenvalue weighted by atomic mass is 10.1. The largest absolute Gasteiger partial charge is 0.494 e. The Hall–Kier alpha value is -1.40. The number of pyridine rings is 1. The summed E-state index contributed by atoms with van der Waals surface area (Å²) in [6, 6.07) is 0.758. The topological polar surface area (TPSA) is 85.4 Å². The molecule has 0 radical (unpaired) electrons. The van der Waals surface area contributed by atoms with Gasteiger partial charge in [0.2, 0.25) is 0 Å². The van der Waals surface area contributed by atoms with Crippen LogP contribution in [0.15, 0.2) is 10.9 Å². The molecule has 1 aromatic heterocycles. The van der Waals surface area contributed by atoms with Crippen LogP contribution in [0.3, 0.4) is 0 Å². The zero-order valence-corrected chi connectivity index (χ0v) is 8.53. The Morgan fingerprint density at radius 1 is 1.50 bits per heavy atom. The quantitative estimate of drug-likeness (QED) is 0.574. The number of aromatic nitrogens is 1. The van der Waals surface area contributed by atoms with Gasteiger partial charge in [-0.15, -0.1) is 0 Å². The van der Waals surface area contributed by atoms with Gasteiger partial charge in [-0.1, -0.05) is 0 Å². The first-order valence-electron chi connectivity index (χ1n) is 5.10. The molecule has 0 aromatic carbocycles. The van der Waals surface area contributed by atoms with Gasteiger partial charge in [0.25, 0.3) is 5.56 Å². The van der Waals surface area contributed by atoms with Crippen LogP contribution in [0, 0.1) is 5.82 Å². The van der Waals surface area contributed by atoms with Gasteiger partial charge in [-0.05, 0) is 18.9 Å². The molecule has 1 aliphatic rings. The predicted octanol–water partition coefficient (Wildman–Crippen LogP) is 0.00500. The molecule has 16 heavy (non-hydrogen) atoms. The van der Waals surface area contributed by atoms with E-state index >= 15 is 0 Å². The number of aliphatic hydroxyl groups excluding tert-OH is 1. The highest BCUT2D eigenvalue weighted by molar-refractivity contribution is 5.29. The van der Waals surface area contributed by atoms with E-state index in [0.717, 1.165) is 12.5 Å². The summed E-state index contributed by atoms with van der Waals surface area (Å²) in [6.45, 7) is 0.00307. The van der Waals surface area contributed by atoms with Crippen LogP contribution in [0.2, 0.25) is 0 Å². The van der Waals surface area contributed by atoms with E-state index in [4.69, 9.17) is 5.11 Å². The van der Waals surface area contributed by atoms with Gasteiger partial charge in [-0.25, -0.2) is 4.39 Å². The SMILES string of the molecule is O=c1[nH]c(O)c(C2CCC(CO)N2)cc1F. The van der Waals surface area contributed by atoms with Gasteiger partial charge in [0.05, 0.1) is 6.61 Å². The average molecular weight is 228 g/mol. The number of hydrogen-bond donors (Lipinski definition) is 4. The standard InChI is InChI=1S/C10H13FN2O3/c11-7-3-6(9(15)13-10(7)16)8-2-1-5(4-14)12-8/h3,5,8,12,14H,1-2,4H2,(H2,13,15,16). The Kier molecular flexibility index (Phi) is 2.93. The number of rotatable bonds is 2. The maximum Gasteiger partial charge on any atom is 0.286 e. The Balaban J connectivity index is 2.28. The molecule has 0 spiro atoms. The van der Waals surface area contributed by atoms with E-state index in [1.165, 1.54) is 0 Å². The van der Waals surface area contributed by atoms with Gasteiger partial charge in [-0.2, -0.15) is 0 Å². The molecule has 6 heteroatoms. The second-order valence-electron chi connectivity index (χ2n) is 3.93. The highest BCUT2D eigenvalue weighted by atomic mass is 19.1. The van der Waals surface area contributed by atoms with Crippen molar-refractivity contribution in [2.75, 3.05) is 6.61 Å². The molecule has 2 atom stereocenters. The summed E-state index contributed by atoms with van der Waals surface area (Å²) in [5.41, 5.74) is -0.606. The first kappa shape index (κ1) is 11.1. The molecule has 2 rings (SSSR count). The van der Waals surface area contributed by atoms with Gasteiger partial charge in [0.15, 0.2) is 11.7 Å². The zero-order chi connectivity index (χ0) is 11.7. The molecular weight excluding hydrogens is 215 g/mol. The van der Waals surface area contributed by atoms with Gasteiger partial charge in [0, 0.05) is 17.6 Å². The van der Waals surface area contributed by atoms with Crippen LogP contribution in [-0.2, 0) is 0 Å². The molecule has 0 saturated carbocycles. The fraction of sp³-hybridized carbons (Fsp3) is 0.500. The maximum atomic E-state index is 13.1. The van der Waals surface area contributed by atoms with E-state index in [1.54, 1.807) is 0 Å². The average Bonchev–Trinajstić information content (AvgIpc) is 2.71. The van der Waals surface area contributed by atoms with Gasteiger partial charge >= 0.3 is 0 Å². The number of aromatic amines is 1. The van der Waals surface area contributed by atoms with Crippen molar-refractivity contribution in [3.05, 3.63) is 27.8 Å². The van der Waals surface area contributed by atoms with Crippen molar-refractivity contribution >= 4 is 0 Å². The number of halogens is 1. The molecule has 0 aliphatic carbocycles. The second-order valence-corrected chi connectivity index (χ2v) is 3.93. The van der Waals surface area contributed by atoms with Crippen molar-refractivity contribution in [3.8, 4) is 5.88 Å². The molecule has 1 fully saturated rings. The van der Waals surface area contributed by atoms with E-state index in [1.807, 2.05) is 4.98 Å². The summed E-state index contributed by atoms with van der Waals surface area (Å²) in [5, 5.41) is 21.5. The molecule has 0 bridgehead atoms. The Bertz CT molecular complexity index is 446. The molecule has 2 heterocycles. The molecule has 1 aliphatic heterocycles. The smallest absolute Gasteiger partial charge is 0.286 e. The van der Waals surface area contributed by atoms with Crippen LogP contribution in [0.5, 0.6) is 5.88 Å². The Morgan fingerprint density at radius 2 is 2.25 bits per heavy atom. The van der Waals surface area contributed by atoms with E-state index in [-0.39, 0.29) is 24.6 Å². The van der Waals surface area contributed by atoms with Gasteiger partial charge in [-0.3, -0.25) is 9.78 Å².